The molecule has 0 saturated heterocycles. The predicted octanol–water partition coefficient (Wildman–Crippen LogP) is 3.93. The molecule has 0 saturated carbocycles. The minimum atomic E-state index is -0.291. The molecule has 0 fully saturated rings. The van der Waals surface area contributed by atoms with Crippen LogP contribution in [0, 0.1) is 5.82 Å². The fraction of sp³-hybridized carbons (Fsp3) is 0.238. The molecule has 4 nitrogen and oxygen atoms in total. The molecular weight excluding hydrogens is 329 g/mol. The highest BCUT2D eigenvalue weighted by atomic mass is 19.1. The number of nitrogens with zero attached hydrogens (tertiary/aromatic N) is 3. The molecule has 134 valence electrons. The summed E-state index contributed by atoms with van der Waals surface area (Å²) in [6.45, 7) is 0.635. The van der Waals surface area contributed by atoms with Gasteiger partial charge in [0.15, 0.2) is 0 Å². The number of hydrogen-bond acceptors (Lipinski definition) is 2. The third kappa shape index (κ3) is 3.99. The summed E-state index contributed by atoms with van der Waals surface area (Å²) in [4.78, 5) is 18.7. The number of aryl methyl sites for hydroxylation is 2. The molecule has 1 aromatic heterocycles. The number of rotatable bonds is 6. The molecule has 3 rings (SSSR count). The van der Waals surface area contributed by atoms with E-state index in [1.54, 1.807) is 54.5 Å². The molecule has 0 spiro atoms. The van der Waals surface area contributed by atoms with E-state index in [2.05, 4.69) is 4.98 Å². The lowest BCUT2D eigenvalue weighted by molar-refractivity contribution is 0.0793. The van der Waals surface area contributed by atoms with Crippen LogP contribution in [0.4, 0.5) is 4.39 Å². The minimum Gasteiger partial charge on any atom is -0.342 e. The predicted molar refractivity (Wildman–Crippen MR) is 100 cm³/mol. The Bertz CT molecular complexity index is 904. The molecule has 0 aliphatic carbocycles. The smallest absolute Gasteiger partial charge is 0.253 e. The van der Waals surface area contributed by atoms with E-state index in [1.807, 2.05) is 23.9 Å². The Hall–Kier alpha value is -2.95. The summed E-state index contributed by atoms with van der Waals surface area (Å²) in [5.74, 6) is 0.649. The van der Waals surface area contributed by atoms with Gasteiger partial charge in [0.25, 0.3) is 5.91 Å². The van der Waals surface area contributed by atoms with Crippen LogP contribution in [-0.4, -0.2) is 34.0 Å². The van der Waals surface area contributed by atoms with E-state index < -0.39 is 0 Å². The van der Waals surface area contributed by atoms with Crippen molar-refractivity contribution in [1.82, 2.24) is 14.5 Å². The van der Waals surface area contributed by atoms with Crippen LogP contribution in [0.1, 0.15) is 22.6 Å². The molecule has 1 amide bonds. The standard InChI is InChI=1S/C21H22FN3O/c1-24-14-12-23-20(24)11-6-13-25(2)21(26)17-8-5-7-16(15-17)18-9-3-4-10-19(18)22/h3-5,7-10,12,14-15H,6,11,13H2,1-2H3. The Kier molecular flexibility index (Phi) is 5.46. The van der Waals surface area contributed by atoms with E-state index in [0.717, 1.165) is 18.7 Å². The molecule has 2 aromatic carbocycles. The molecule has 0 radical (unpaired) electrons. The highest BCUT2D eigenvalue weighted by Gasteiger charge is 2.13. The first-order valence-electron chi connectivity index (χ1n) is 8.63. The van der Waals surface area contributed by atoms with Gasteiger partial charge in [-0.3, -0.25) is 4.79 Å². The number of halogens is 1. The fourth-order valence-electron chi connectivity index (χ4n) is 2.95. The summed E-state index contributed by atoms with van der Waals surface area (Å²) in [5.41, 5.74) is 1.76. The second-order valence-corrected chi connectivity index (χ2v) is 6.35. The van der Waals surface area contributed by atoms with E-state index in [-0.39, 0.29) is 11.7 Å². The van der Waals surface area contributed by atoms with E-state index in [9.17, 15) is 9.18 Å². The number of aromatic nitrogens is 2. The Morgan fingerprint density at radius 1 is 1.19 bits per heavy atom. The first-order chi connectivity index (χ1) is 12.6. The van der Waals surface area contributed by atoms with Crippen LogP contribution in [0.25, 0.3) is 11.1 Å². The van der Waals surface area contributed by atoms with Gasteiger partial charge in [-0.25, -0.2) is 9.37 Å². The number of imidazole rings is 1. The number of carbonyl (C=O) groups is 1. The van der Waals surface area contributed by atoms with E-state index in [4.69, 9.17) is 0 Å². The highest BCUT2D eigenvalue weighted by Crippen LogP contribution is 2.23. The average Bonchev–Trinajstić information content (AvgIpc) is 3.06. The van der Waals surface area contributed by atoms with Gasteiger partial charge in [-0.15, -0.1) is 0 Å². The van der Waals surface area contributed by atoms with Crippen molar-refractivity contribution in [1.29, 1.82) is 0 Å². The van der Waals surface area contributed by atoms with Crippen molar-refractivity contribution in [3.05, 3.63) is 78.1 Å². The Morgan fingerprint density at radius 3 is 2.73 bits per heavy atom. The molecule has 0 N–H and O–H groups in total. The second kappa shape index (κ2) is 7.95. The molecular formula is C21H22FN3O. The number of carbonyl (C=O) groups excluding carboxylic acids is 1. The maximum Gasteiger partial charge on any atom is 0.253 e. The summed E-state index contributed by atoms with van der Waals surface area (Å²) < 4.78 is 16.0. The van der Waals surface area contributed by atoms with Gasteiger partial charge in [-0.1, -0.05) is 30.3 Å². The van der Waals surface area contributed by atoms with E-state index in [1.165, 1.54) is 6.07 Å². The van der Waals surface area contributed by atoms with Crippen LogP contribution in [0.3, 0.4) is 0 Å². The maximum absolute atomic E-state index is 14.0. The van der Waals surface area contributed by atoms with Crippen molar-refractivity contribution >= 4 is 5.91 Å². The molecule has 0 atom stereocenters. The summed E-state index contributed by atoms with van der Waals surface area (Å²) in [5, 5.41) is 0. The molecule has 1 heterocycles. The molecule has 0 bridgehead atoms. The van der Waals surface area contributed by atoms with E-state index >= 15 is 0 Å². The van der Waals surface area contributed by atoms with Gasteiger partial charge in [-0.2, -0.15) is 0 Å². The van der Waals surface area contributed by atoms with Crippen LogP contribution >= 0.6 is 0 Å². The number of hydrogen-bond donors (Lipinski definition) is 0. The Morgan fingerprint density at radius 2 is 2.00 bits per heavy atom. The van der Waals surface area contributed by atoms with Gasteiger partial charge >= 0.3 is 0 Å². The second-order valence-electron chi connectivity index (χ2n) is 6.35. The fourth-order valence-corrected chi connectivity index (χ4v) is 2.95. The lowest BCUT2D eigenvalue weighted by Crippen LogP contribution is -2.28. The zero-order chi connectivity index (χ0) is 18.5. The maximum atomic E-state index is 14.0. The summed E-state index contributed by atoms with van der Waals surface area (Å²) in [6, 6.07) is 13.7. The molecule has 26 heavy (non-hydrogen) atoms. The highest BCUT2D eigenvalue weighted by molar-refractivity contribution is 5.95. The van der Waals surface area contributed by atoms with Crippen molar-refractivity contribution in [2.24, 2.45) is 7.05 Å². The van der Waals surface area contributed by atoms with Crippen molar-refractivity contribution < 1.29 is 9.18 Å². The zero-order valence-electron chi connectivity index (χ0n) is 15.0. The van der Waals surface area contributed by atoms with Gasteiger partial charge in [0.2, 0.25) is 0 Å². The summed E-state index contributed by atoms with van der Waals surface area (Å²) in [7, 11) is 3.75. The Labute approximate surface area is 152 Å². The SMILES string of the molecule is CN(CCCc1nccn1C)C(=O)c1cccc(-c2ccccc2F)c1. The topological polar surface area (TPSA) is 38.1 Å². The van der Waals surface area contributed by atoms with Crippen LogP contribution in [0.5, 0.6) is 0 Å². The molecule has 5 heteroatoms. The van der Waals surface area contributed by atoms with Crippen molar-refractivity contribution in [3.63, 3.8) is 0 Å². The van der Waals surface area contributed by atoms with Crippen molar-refractivity contribution in [3.8, 4) is 11.1 Å². The first kappa shape index (κ1) is 17.9. The first-order valence-corrected chi connectivity index (χ1v) is 8.63. The third-order valence-electron chi connectivity index (χ3n) is 4.46. The lowest BCUT2D eigenvalue weighted by atomic mass is 10.0. The summed E-state index contributed by atoms with van der Waals surface area (Å²) >= 11 is 0. The average molecular weight is 351 g/mol. The molecule has 0 aliphatic heterocycles. The van der Waals surface area contributed by atoms with Crippen LogP contribution in [0.2, 0.25) is 0 Å². The monoisotopic (exact) mass is 351 g/mol. The minimum absolute atomic E-state index is 0.0666. The summed E-state index contributed by atoms with van der Waals surface area (Å²) in [6.07, 6.45) is 5.34. The normalized spacial score (nSPS) is 10.7. The lowest BCUT2D eigenvalue weighted by Gasteiger charge is -2.17. The van der Waals surface area contributed by atoms with Gasteiger partial charge < -0.3 is 9.47 Å². The molecule has 3 aromatic rings. The van der Waals surface area contributed by atoms with Crippen molar-refractivity contribution in [2.45, 2.75) is 12.8 Å². The largest absolute Gasteiger partial charge is 0.342 e. The molecule has 0 unspecified atom stereocenters. The van der Waals surface area contributed by atoms with Crippen LogP contribution in [-0.2, 0) is 13.5 Å². The quantitative estimate of drug-likeness (QED) is 0.675. The zero-order valence-corrected chi connectivity index (χ0v) is 15.0. The van der Waals surface area contributed by atoms with Gasteiger partial charge in [0.05, 0.1) is 0 Å². The number of benzene rings is 2. The van der Waals surface area contributed by atoms with Gasteiger partial charge in [0.1, 0.15) is 11.6 Å². The van der Waals surface area contributed by atoms with Crippen molar-refractivity contribution in [2.75, 3.05) is 13.6 Å². The Balaban J connectivity index is 1.66. The third-order valence-corrected chi connectivity index (χ3v) is 4.46. The van der Waals surface area contributed by atoms with Crippen LogP contribution in [0.15, 0.2) is 60.9 Å². The van der Waals surface area contributed by atoms with Gasteiger partial charge in [-0.05, 0) is 30.2 Å². The number of amides is 1. The van der Waals surface area contributed by atoms with Crippen LogP contribution < -0.4 is 0 Å². The van der Waals surface area contributed by atoms with Gasteiger partial charge in [0, 0.05) is 50.6 Å². The van der Waals surface area contributed by atoms with E-state index in [0.29, 0.717) is 23.2 Å². The molecule has 0 aliphatic rings.